The Morgan fingerprint density at radius 3 is 2.81 bits per heavy atom. The summed E-state index contributed by atoms with van der Waals surface area (Å²) in [5.74, 6) is -0.823. The summed E-state index contributed by atoms with van der Waals surface area (Å²) in [6.45, 7) is 3.64. The molecule has 1 aromatic carbocycles. The van der Waals surface area contributed by atoms with Crippen molar-refractivity contribution in [2.75, 3.05) is 13.2 Å². The number of ether oxygens (including phenoxy) is 1. The molecular weight excluding hydrogens is 426 g/mol. The fraction of sp³-hybridized carbons (Fsp3) is 0.292. The molecule has 2 aromatic heterocycles. The SMILES string of the molecule is CCCOc1cccc(/C(O)=C2/C(=O)C(=O)N(CCCn3ccnc3)C2c2cccs2)c1. The average Bonchev–Trinajstić information content (AvgIpc) is 3.56. The normalized spacial score (nSPS) is 17.8. The van der Waals surface area contributed by atoms with Gasteiger partial charge in [-0.3, -0.25) is 9.59 Å². The summed E-state index contributed by atoms with van der Waals surface area (Å²) in [6.07, 6.45) is 6.80. The number of carbonyl (C=O) groups is 2. The quantitative estimate of drug-likeness (QED) is 0.299. The van der Waals surface area contributed by atoms with Crippen molar-refractivity contribution in [1.29, 1.82) is 0 Å². The van der Waals surface area contributed by atoms with E-state index >= 15 is 0 Å². The maximum atomic E-state index is 13.0. The monoisotopic (exact) mass is 451 g/mol. The summed E-state index contributed by atoms with van der Waals surface area (Å²) < 4.78 is 7.59. The van der Waals surface area contributed by atoms with Gasteiger partial charge >= 0.3 is 0 Å². The Kier molecular flexibility index (Phi) is 6.70. The molecule has 1 saturated heterocycles. The summed E-state index contributed by atoms with van der Waals surface area (Å²) in [5, 5.41) is 13.0. The molecule has 4 rings (SSSR count). The second-order valence-electron chi connectivity index (χ2n) is 7.54. The molecule has 3 aromatic rings. The van der Waals surface area contributed by atoms with E-state index in [0.717, 1.165) is 11.3 Å². The smallest absolute Gasteiger partial charge is 0.295 e. The van der Waals surface area contributed by atoms with Crippen LogP contribution in [0.25, 0.3) is 5.76 Å². The fourth-order valence-electron chi connectivity index (χ4n) is 3.80. The molecule has 7 nitrogen and oxygen atoms in total. The number of hydrogen-bond acceptors (Lipinski definition) is 6. The highest BCUT2D eigenvalue weighted by molar-refractivity contribution is 7.10. The Bertz CT molecular complexity index is 1110. The molecule has 0 spiro atoms. The van der Waals surface area contributed by atoms with Crippen LogP contribution in [0.3, 0.4) is 0 Å². The van der Waals surface area contributed by atoms with E-state index in [1.807, 2.05) is 35.2 Å². The van der Waals surface area contributed by atoms with E-state index in [4.69, 9.17) is 4.74 Å². The van der Waals surface area contributed by atoms with Crippen molar-refractivity contribution < 1.29 is 19.4 Å². The van der Waals surface area contributed by atoms with Gasteiger partial charge in [-0.15, -0.1) is 11.3 Å². The number of aromatic nitrogens is 2. The molecule has 0 aliphatic carbocycles. The Balaban J connectivity index is 1.66. The predicted molar refractivity (Wildman–Crippen MR) is 122 cm³/mol. The number of ketones is 1. The van der Waals surface area contributed by atoms with Gasteiger partial charge in [0.2, 0.25) is 0 Å². The number of thiophene rings is 1. The number of aliphatic hydroxyl groups is 1. The van der Waals surface area contributed by atoms with Crippen LogP contribution in [-0.2, 0) is 16.1 Å². The third kappa shape index (κ3) is 4.45. The number of imidazole rings is 1. The van der Waals surface area contributed by atoms with Crippen molar-refractivity contribution in [3.8, 4) is 5.75 Å². The molecule has 8 heteroatoms. The van der Waals surface area contributed by atoms with Crippen molar-refractivity contribution in [3.63, 3.8) is 0 Å². The number of rotatable bonds is 9. The van der Waals surface area contributed by atoms with Crippen molar-refractivity contribution in [3.05, 3.63) is 76.5 Å². The largest absolute Gasteiger partial charge is 0.507 e. The number of benzene rings is 1. The van der Waals surface area contributed by atoms with E-state index in [0.29, 0.717) is 37.4 Å². The molecular formula is C24H25N3O4S. The van der Waals surface area contributed by atoms with Gasteiger partial charge in [0.05, 0.1) is 24.5 Å². The zero-order valence-electron chi connectivity index (χ0n) is 17.8. The molecule has 1 unspecified atom stereocenters. The highest BCUT2D eigenvalue weighted by Crippen LogP contribution is 2.41. The van der Waals surface area contributed by atoms with Gasteiger partial charge in [0.1, 0.15) is 11.5 Å². The maximum absolute atomic E-state index is 13.0. The Labute approximate surface area is 190 Å². The predicted octanol–water partition coefficient (Wildman–Crippen LogP) is 4.25. The molecule has 1 N–H and O–H groups in total. The summed E-state index contributed by atoms with van der Waals surface area (Å²) in [5.41, 5.74) is 0.573. The van der Waals surface area contributed by atoms with Crippen LogP contribution < -0.4 is 4.74 Å². The first-order chi connectivity index (χ1) is 15.6. The molecule has 0 saturated carbocycles. The lowest BCUT2D eigenvalue weighted by atomic mass is 9.99. The Hall–Kier alpha value is -3.39. The van der Waals surface area contributed by atoms with Gasteiger partial charge in [0, 0.05) is 35.9 Å². The number of likely N-dealkylation sites (tertiary alicyclic amines) is 1. The van der Waals surface area contributed by atoms with Crippen LogP contribution in [0.5, 0.6) is 5.75 Å². The zero-order chi connectivity index (χ0) is 22.5. The van der Waals surface area contributed by atoms with Gasteiger partial charge in [-0.25, -0.2) is 4.98 Å². The molecule has 0 radical (unpaired) electrons. The third-order valence-corrected chi connectivity index (χ3v) is 6.23. The van der Waals surface area contributed by atoms with Crippen LogP contribution in [0.1, 0.15) is 36.2 Å². The van der Waals surface area contributed by atoms with E-state index in [9.17, 15) is 14.7 Å². The lowest BCUT2D eigenvalue weighted by Gasteiger charge is -2.24. The molecule has 32 heavy (non-hydrogen) atoms. The number of aliphatic hydroxyl groups excluding tert-OH is 1. The van der Waals surface area contributed by atoms with Crippen molar-refractivity contribution >= 4 is 28.8 Å². The highest BCUT2D eigenvalue weighted by atomic mass is 32.1. The molecule has 1 fully saturated rings. The van der Waals surface area contributed by atoms with E-state index < -0.39 is 17.7 Å². The first-order valence-electron chi connectivity index (χ1n) is 10.6. The highest BCUT2D eigenvalue weighted by Gasteiger charge is 2.46. The van der Waals surface area contributed by atoms with Crippen LogP contribution in [-0.4, -0.2) is 44.4 Å². The van der Waals surface area contributed by atoms with Crippen LogP contribution in [0.15, 0.2) is 66.1 Å². The molecule has 1 aliphatic heterocycles. The van der Waals surface area contributed by atoms with Crippen molar-refractivity contribution in [2.45, 2.75) is 32.4 Å². The minimum atomic E-state index is -0.664. The second kappa shape index (κ2) is 9.82. The fourth-order valence-corrected chi connectivity index (χ4v) is 4.65. The first kappa shape index (κ1) is 21.8. The molecule has 0 bridgehead atoms. The lowest BCUT2D eigenvalue weighted by Crippen LogP contribution is -2.31. The molecule has 1 amide bonds. The number of carbonyl (C=O) groups excluding carboxylic acids is 2. The summed E-state index contributed by atoms with van der Waals surface area (Å²) in [7, 11) is 0. The Morgan fingerprint density at radius 2 is 2.09 bits per heavy atom. The van der Waals surface area contributed by atoms with Gasteiger partial charge in [-0.1, -0.05) is 25.1 Å². The standard InChI is InChI=1S/C24H25N3O4S/c1-2-13-31-18-7-3-6-17(15-18)22(28)20-21(19-8-4-14-32-19)27(24(30)23(20)29)11-5-10-26-12-9-25-16-26/h3-4,6-9,12,14-16,21,28H,2,5,10-11,13H2,1H3/b22-20-. The second-order valence-corrected chi connectivity index (χ2v) is 8.52. The number of nitrogens with zero attached hydrogens (tertiary/aromatic N) is 3. The minimum Gasteiger partial charge on any atom is -0.507 e. The third-order valence-electron chi connectivity index (χ3n) is 5.31. The summed E-state index contributed by atoms with van der Waals surface area (Å²) in [4.78, 5) is 32.4. The van der Waals surface area contributed by atoms with Crippen molar-refractivity contribution in [2.24, 2.45) is 0 Å². The van der Waals surface area contributed by atoms with E-state index in [-0.39, 0.29) is 11.3 Å². The zero-order valence-corrected chi connectivity index (χ0v) is 18.6. The summed E-state index contributed by atoms with van der Waals surface area (Å²) >= 11 is 1.46. The van der Waals surface area contributed by atoms with Crippen LogP contribution in [0.4, 0.5) is 0 Å². The van der Waals surface area contributed by atoms with Crippen LogP contribution in [0, 0.1) is 0 Å². The number of hydrogen-bond donors (Lipinski definition) is 1. The van der Waals surface area contributed by atoms with Crippen molar-refractivity contribution in [1.82, 2.24) is 14.5 Å². The van der Waals surface area contributed by atoms with Crippen LogP contribution >= 0.6 is 11.3 Å². The van der Waals surface area contributed by atoms with Gasteiger partial charge in [-0.2, -0.15) is 0 Å². The van der Waals surface area contributed by atoms with Gasteiger partial charge in [0.15, 0.2) is 0 Å². The molecule has 1 aliphatic rings. The average molecular weight is 452 g/mol. The lowest BCUT2D eigenvalue weighted by molar-refractivity contribution is -0.139. The van der Waals surface area contributed by atoms with Crippen LogP contribution in [0.2, 0.25) is 0 Å². The number of Topliss-reactive ketones (excluding diaryl/α,β-unsaturated/α-hetero) is 1. The van der Waals surface area contributed by atoms with E-state index in [1.54, 1.807) is 41.7 Å². The molecule has 166 valence electrons. The molecule has 1 atom stereocenters. The van der Waals surface area contributed by atoms with E-state index in [1.165, 1.54) is 11.3 Å². The maximum Gasteiger partial charge on any atom is 0.295 e. The van der Waals surface area contributed by atoms with Gasteiger partial charge < -0.3 is 19.3 Å². The number of aryl methyl sites for hydroxylation is 1. The number of amides is 1. The van der Waals surface area contributed by atoms with Gasteiger partial charge in [-0.05, 0) is 36.4 Å². The Morgan fingerprint density at radius 1 is 1.22 bits per heavy atom. The van der Waals surface area contributed by atoms with Gasteiger partial charge in [0.25, 0.3) is 11.7 Å². The summed E-state index contributed by atoms with van der Waals surface area (Å²) in [6, 6.07) is 10.1. The first-order valence-corrected chi connectivity index (χ1v) is 11.5. The topological polar surface area (TPSA) is 84.7 Å². The molecule has 3 heterocycles. The minimum absolute atomic E-state index is 0.118. The van der Waals surface area contributed by atoms with E-state index in [2.05, 4.69) is 4.98 Å².